The molecule has 84 valence electrons. The van der Waals surface area contributed by atoms with E-state index in [0.29, 0.717) is 11.6 Å². The van der Waals surface area contributed by atoms with E-state index < -0.39 is 0 Å². The average molecular weight is 234 g/mol. The van der Waals surface area contributed by atoms with E-state index in [4.69, 9.17) is 0 Å². The van der Waals surface area contributed by atoms with E-state index in [1.807, 2.05) is 38.1 Å². The maximum atomic E-state index is 11.8. The molecule has 4 heteroatoms. The van der Waals surface area contributed by atoms with Crippen molar-refractivity contribution >= 4 is 22.8 Å². The molecule has 1 amide bonds. The Kier molecular flexibility index (Phi) is 3.29. The van der Waals surface area contributed by atoms with Gasteiger partial charge in [0, 0.05) is 11.3 Å². The van der Waals surface area contributed by atoms with Gasteiger partial charge in [0.05, 0.1) is 6.04 Å². The summed E-state index contributed by atoms with van der Waals surface area (Å²) in [6, 6.07) is 7.82. The Morgan fingerprint density at radius 1 is 1.44 bits per heavy atom. The van der Waals surface area contributed by atoms with Crippen molar-refractivity contribution in [2.45, 2.75) is 19.9 Å². The van der Waals surface area contributed by atoms with Crippen molar-refractivity contribution in [3.05, 3.63) is 35.4 Å². The lowest BCUT2D eigenvalue weighted by Crippen LogP contribution is -2.27. The van der Waals surface area contributed by atoms with Crippen LogP contribution < -0.4 is 5.32 Å². The number of hydrogen-bond acceptors (Lipinski definition) is 3. The number of thioether (sulfide) groups is 1. The van der Waals surface area contributed by atoms with Gasteiger partial charge in [0.1, 0.15) is 0 Å². The molecule has 0 saturated heterocycles. The number of hydrogen-bond donors (Lipinski definition) is 1. The van der Waals surface area contributed by atoms with Gasteiger partial charge >= 0.3 is 0 Å². The highest BCUT2D eigenvalue weighted by Crippen LogP contribution is 2.16. The summed E-state index contributed by atoms with van der Waals surface area (Å²) in [6.07, 6.45) is 0. The molecule has 1 aromatic carbocycles. The van der Waals surface area contributed by atoms with Crippen LogP contribution in [0.5, 0.6) is 0 Å². The van der Waals surface area contributed by atoms with Crippen LogP contribution in [0.15, 0.2) is 29.3 Å². The van der Waals surface area contributed by atoms with Gasteiger partial charge in [-0.15, -0.1) is 0 Å². The van der Waals surface area contributed by atoms with Crippen LogP contribution in [0.25, 0.3) is 0 Å². The molecule has 0 aliphatic carbocycles. The number of carbonyl (C=O) groups excluding carboxylic acids is 1. The number of nitrogens with zero attached hydrogens (tertiary/aromatic N) is 1. The first-order valence-electron chi connectivity index (χ1n) is 5.24. The van der Waals surface area contributed by atoms with Crippen molar-refractivity contribution in [3.8, 4) is 0 Å². The number of carbonyl (C=O) groups is 1. The molecule has 0 radical (unpaired) electrons. The molecule has 0 aromatic heterocycles. The SMILES string of the molecule is Cc1ccc(C(=O)NC2=NC(C)CS2)cc1. The molecule has 1 N–H and O–H groups in total. The fourth-order valence-corrected chi connectivity index (χ4v) is 2.31. The average Bonchev–Trinajstić information content (AvgIpc) is 2.65. The quantitative estimate of drug-likeness (QED) is 0.809. The second-order valence-electron chi connectivity index (χ2n) is 3.91. The van der Waals surface area contributed by atoms with Gasteiger partial charge in [0.2, 0.25) is 0 Å². The van der Waals surface area contributed by atoms with Crippen molar-refractivity contribution in [2.24, 2.45) is 4.99 Å². The Morgan fingerprint density at radius 3 is 2.69 bits per heavy atom. The molecule has 1 aromatic rings. The van der Waals surface area contributed by atoms with Crippen molar-refractivity contribution in [1.82, 2.24) is 5.32 Å². The van der Waals surface area contributed by atoms with E-state index in [0.717, 1.165) is 16.5 Å². The van der Waals surface area contributed by atoms with Gasteiger partial charge in [-0.3, -0.25) is 9.79 Å². The van der Waals surface area contributed by atoms with Crippen LogP contribution in [0.3, 0.4) is 0 Å². The highest BCUT2D eigenvalue weighted by Gasteiger charge is 2.16. The Morgan fingerprint density at radius 2 is 2.12 bits per heavy atom. The monoisotopic (exact) mass is 234 g/mol. The van der Waals surface area contributed by atoms with Gasteiger partial charge in [-0.05, 0) is 26.0 Å². The van der Waals surface area contributed by atoms with Crippen LogP contribution in [0.4, 0.5) is 0 Å². The van der Waals surface area contributed by atoms with Crippen LogP contribution in [0.1, 0.15) is 22.8 Å². The summed E-state index contributed by atoms with van der Waals surface area (Å²) in [4.78, 5) is 16.1. The molecule has 2 rings (SSSR count). The van der Waals surface area contributed by atoms with Crippen LogP contribution in [0, 0.1) is 6.92 Å². The summed E-state index contributed by atoms with van der Waals surface area (Å²) < 4.78 is 0. The number of benzene rings is 1. The van der Waals surface area contributed by atoms with Crippen molar-refractivity contribution in [3.63, 3.8) is 0 Å². The smallest absolute Gasteiger partial charge is 0.257 e. The summed E-state index contributed by atoms with van der Waals surface area (Å²) in [5.74, 6) is 0.865. The Labute approximate surface area is 99.3 Å². The number of aryl methyl sites for hydroxylation is 1. The number of amidine groups is 1. The summed E-state index contributed by atoms with van der Waals surface area (Å²) >= 11 is 1.59. The van der Waals surface area contributed by atoms with E-state index in [9.17, 15) is 4.79 Å². The van der Waals surface area contributed by atoms with Gasteiger partial charge in [-0.2, -0.15) is 0 Å². The maximum Gasteiger partial charge on any atom is 0.257 e. The lowest BCUT2D eigenvalue weighted by atomic mass is 10.1. The second kappa shape index (κ2) is 4.70. The first-order valence-corrected chi connectivity index (χ1v) is 6.22. The topological polar surface area (TPSA) is 41.5 Å². The van der Waals surface area contributed by atoms with Gasteiger partial charge in [0.15, 0.2) is 5.17 Å². The molecule has 0 fully saturated rings. The third-order valence-corrected chi connectivity index (χ3v) is 3.46. The summed E-state index contributed by atoms with van der Waals surface area (Å²) in [6.45, 7) is 4.04. The number of rotatable bonds is 1. The van der Waals surface area contributed by atoms with Gasteiger partial charge in [-0.1, -0.05) is 29.5 Å². The number of amides is 1. The fraction of sp³-hybridized carbons (Fsp3) is 0.333. The summed E-state index contributed by atoms with van der Waals surface area (Å²) in [5.41, 5.74) is 1.83. The van der Waals surface area contributed by atoms with Crippen LogP contribution in [-0.4, -0.2) is 22.9 Å². The maximum absolute atomic E-state index is 11.8. The van der Waals surface area contributed by atoms with Crippen molar-refractivity contribution in [1.29, 1.82) is 0 Å². The van der Waals surface area contributed by atoms with E-state index >= 15 is 0 Å². The van der Waals surface area contributed by atoms with Crippen LogP contribution in [0.2, 0.25) is 0 Å². The largest absolute Gasteiger partial charge is 0.301 e. The second-order valence-corrected chi connectivity index (χ2v) is 4.92. The van der Waals surface area contributed by atoms with Crippen LogP contribution >= 0.6 is 11.8 Å². The summed E-state index contributed by atoms with van der Waals surface area (Å²) in [5, 5.41) is 3.55. The molecule has 3 nitrogen and oxygen atoms in total. The minimum atomic E-state index is -0.0830. The number of aliphatic imine (C=N–C) groups is 1. The minimum Gasteiger partial charge on any atom is -0.301 e. The lowest BCUT2D eigenvalue weighted by Gasteiger charge is -2.03. The molecule has 0 spiro atoms. The van der Waals surface area contributed by atoms with E-state index in [2.05, 4.69) is 10.3 Å². The predicted octanol–water partition coefficient (Wildman–Crippen LogP) is 2.22. The first-order chi connectivity index (χ1) is 7.65. The minimum absolute atomic E-state index is 0.0830. The molecular weight excluding hydrogens is 220 g/mol. The van der Waals surface area contributed by atoms with Crippen LogP contribution in [-0.2, 0) is 0 Å². The Balaban J connectivity index is 2.03. The zero-order valence-corrected chi connectivity index (χ0v) is 10.2. The number of nitrogens with one attached hydrogen (secondary N) is 1. The zero-order valence-electron chi connectivity index (χ0n) is 9.36. The standard InChI is InChI=1S/C12H14N2OS/c1-8-3-5-10(6-4-8)11(15)14-12-13-9(2)7-16-12/h3-6,9H,7H2,1-2H3,(H,13,14,15). The van der Waals surface area contributed by atoms with E-state index in [-0.39, 0.29) is 5.91 Å². The molecule has 0 saturated carbocycles. The first kappa shape index (κ1) is 11.2. The fourth-order valence-electron chi connectivity index (χ4n) is 1.42. The van der Waals surface area contributed by atoms with Crippen molar-refractivity contribution in [2.75, 3.05) is 5.75 Å². The van der Waals surface area contributed by atoms with Crippen molar-refractivity contribution < 1.29 is 4.79 Å². The predicted molar refractivity (Wildman–Crippen MR) is 68.0 cm³/mol. The Bertz CT molecular complexity index is 425. The van der Waals surface area contributed by atoms with Gasteiger partial charge in [-0.25, -0.2) is 0 Å². The molecular formula is C12H14N2OS. The molecule has 16 heavy (non-hydrogen) atoms. The zero-order chi connectivity index (χ0) is 11.5. The highest BCUT2D eigenvalue weighted by atomic mass is 32.2. The molecule has 1 aliphatic rings. The third kappa shape index (κ3) is 2.64. The summed E-state index contributed by atoms with van der Waals surface area (Å²) in [7, 11) is 0. The molecule has 1 aliphatic heterocycles. The molecule has 1 unspecified atom stereocenters. The van der Waals surface area contributed by atoms with Gasteiger partial charge < -0.3 is 5.32 Å². The van der Waals surface area contributed by atoms with E-state index in [1.54, 1.807) is 11.8 Å². The molecule has 1 heterocycles. The molecule has 0 bridgehead atoms. The highest BCUT2D eigenvalue weighted by molar-refractivity contribution is 8.14. The third-order valence-electron chi connectivity index (χ3n) is 2.33. The lowest BCUT2D eigenvalue weighted by molar-refractivity contribution is 0.0978. The van der Waals surface area contributed by atoms with E-state index in [1.165, 1.54) is 0 Å². The van der Waals surface area contributed by atoms with Gasteiger partial charge in [0.25, 0.3) is 5.91 Å². The normalized spacial score (nSPS) is 19.4. The Hall–Kier alpha value is -1.29. The molecule has 1 atom stereocenters.